The second-order valence-electron chi connectivity index (χ2n) is 4.24. The summed E-state index contributed by atoms with van der Waals surface area (Å²) in [6, 6.07) is 6.81. The van der Waals surface area contributed by atoms with Crippen molar-refractivity contribution in [2.45, 2.75) is 20.0 Å². The van der Waals surface area contributed by atoms with Crippen LogP contribution in [-0.4, -0.2) is 37.9 Å². The first-order valence-electron chi connectivity index (χ1n) is 6.24. The summed E-state index contributed by atoms with van der Waals surface area (Å²) < 4.78 is 5.51. The van der Waals surface area contributed by atoms with Gasteiger partial charge in [-0.3, -0.25) is 9.59 Å². The Morgan fingerprint density at radius 3 is 2.68 bits per heavy atom. The molecule has 0 saturated carbocycles. The molecule has 1 aromatic carbocycles. The number of hydrogen-bond acceptors (Lipinski definition) is 4. The van der Waals surface area contributed by atoms with Gasteiger partial charge in [0.1, 0.15) is 5.75 Å². The van der Waals surface area contributed by atoms with Gasteiger partial charge < -0.3 is 15.4 Å². The lowest BCUT2D eigenvalue weighted by Crippen LogP contribution is -2.39. The molecule has 0 saturated heterocycles. The predicted octanol–water partition coefficient (Wildman–Crippen LogP) is 0.992. The Kier molecular flexibility index (Phi) is 6.02. The van der Waals surface area contributed by atoms with Crippen molar-refractivity contribution in [3.05, 3.63) is 29.8 Å². The quantitative estimate of drug-likeness (QED) is 0.569. The number of nitrogens with one attached hydrogen (secondary N) is 2. The first kappa shape index (κ1) is 15.2. The van der Waals surface area contributed by atoms with E-state index in [9.17, 15) is 9.59 Å². The van der Waals surface area contributed by atoms with E-state index in [1.807, 2.05) is 7.05 Å². The van der Waals surface area contributed by atoms with Crippen LogP contribution in [0.15, 0.2) is 24.3 Å². The topological polar surface area (TPSA) is 67.4 Å². The third-order valence-electron chi connectivity index (χ3n) is 2.60. The van der Waals surface area contributed by atoms with Gasteiger partial charge in [0.2, 0.25) is 0 Å². The highest BCUT2D eigenvalue weighted by atomic mass is 16.5. The van der Waals surface area contributed by atoms with Crippen LogP contribution in [0.25, 0.3) is 0 Å². The van der Waals surface area contributed by atoms with Gasteiger partial charge in [0, 0.05) is 18.7 Å². The molecular formula is C14H20N2O3. The molecule has 0 fully saturated rings. The Labute approximate surface area is 113 Å². The summed E-state index contributed by atoms with van der Waals surface area (Å²) in [7, 11) is 1.82. The molecule has 1 rings (SSSR count). The van der Waals surface area contributed by atoms with Crippen molar-refractivity contribution in [2.75, 3.05) is 20.1 Å². The molecule has 19 heavy (non-hydrogen) atoms. The van der Waals surface area contributed by atoms with Crippen LogP contribution < -0.4 is 15.4 Å². The van der Waals surface area contributed by atoms with Crippen LogP contribution in [0.2, 0.25) is 0 Å². The Bertz CT molecular complexity index is 446. The van der Waals surface area contributed by atoms with Crippen molar-refractivity contribution in [3.63, 3.8) is 0 Å². The van der Waals surface area contributed by atoms with Crippen molar-refractivity contribution < 1.29 is 14.3 Å². The van der Waals surface area contributed by atoms with Gasteiger partial charge in [-0.15, -0.1) is 0 Å². The Morgan fingerprint density at radius 2 is 2.05 bits per heavy atom. The van der Waals surface area contributed by atoms with E-state index < -0.39 is 6.10 Å². The molecule has 0 radical (unpaired) electrons. The second kappa shape index (κ2) is 7.53. The molecule has 0 bridgehead atoms. The van der Waals surface area contributed by atoms with Gasteiger partial charge in [0.05, 0.1) is 0 Å². The van der Waals surface area contributed by atoms with E-state index >= 15 is 0 Å². The minimum atomic E-state index is -0.598. The fourth-order valence-corrected chi connectivity index (χ4v) is 1.50. The van der Waals surface area contributed by atoms with Gasteiger partial charge in [-0.2, -0.15) is 0 Å². The highest BCUT2D eigenvalue weighted by Gasteiger charge is 2.14. The zero-order chi connectivity index (χ0) is 14.3. The van der Waals surface area contributed by atoms with Crippen LogP contribution in [-0.2, 0) is 4.79 Å². The number of likely N-dealkylation sites (N-methyl/N-ethyl adjacent to an activating group) is 1. The summed E-state index contributed by atoms with van der Waals surface area (Å²) in [5, 5.41) is 5.69. The number of ketones is 1. The fourth-order valence-electron chi connectivity index (χ4n) is 1.50. The van der Waals surface area contributed by atoms with E-state index in [1.54, 1.807) is 31.2 Å². The number of amides is 1. The summed E-state index contributed by atoms with van der Waals surface area (Å²) in [4.78, 5) is 23.0. The molecule has 0 spiro atoms. The third-order valence-corrected chi connectivity index (χ3v) is 2.60. The van der Waals surface area contributed by atoms with E-state index in [0.29, 0.717) is 24.4 Å². The van der Waals surface area contributed by atoms with Crippen molar-refractivity contribution in [1.82, 2.24) is 10.6 Å². The lowest BCUT2D eigenvalue weighted by molar-refractivity contribution is -0.127. The van der Waals surface area contributed by atoms with E-state index in [4.69, 9.17) is 4.74 Å². The van der Waals surface area contributed by atoms with Crippen molar-refractivity contribution in [1.29, 1.82) is 0 Å². The average molecular weight is 264 g/mol. The molecule has 2 N–H and O–H groups in total. The highest BCUT2D eigenvalue weighted by Crippen LogP contribution is 2.15. The molecule has 0 aromatic heterocycles. The van der Waals surface area contributed by atoms with Crippen LogP contribution in [0.4, 0.5) is 0 Å². The molecule has 5 heteroatoms. The molecule has 0 aliphatic heterocycles. The van der Waals surface area contributed by atoms with Gasteiger partial charge in [-0.25, -0.2) is 0 Å². The number of rotatable bonds is 7. The lowest BCUT2D eigenvalue weighted by Gasteiger charge is -2.15. The predicted molar refractivity (Wildman–Crippen MR) is 73.5 cm³/mol. The van der Waals surface area contributed by atoms with Gasteiger partial charge in [0.15, 0.2) is 11.9 Å². The molecule has 1 unspecified atom stereocenters. The number of hydrogen-bond donors (Lipinski definition) is 2. The number of Topliss-reactive ketones (excluding diaryl/α,β-unsaturated/α-hetero) is 1. The molecule has 0 aliphatic rings. The largest absolute Gasteiger partial charge is 0.481 e. The summed E-state index contributed by atoms with van der Waals surface area (Å²) in [5.74, 6) is 0.309. The van der Waals surface area contributed by atoms with Gasteiger partial charge in [-0.05, 0) is 33.0 Å². The molecule has 0 aliphatic carbocycles. The van der Waals surface area contributed by atoms with Crippen LogP contribution >= 0.6 is 0 Å². The minimum absolute atomic E-state index is 0.0309. The van der Waals surface area contributed by atoms with E-state index in [1.165, 1.54) is 6.92 Å². The van der Waals surface area contributed by atoms with Gasteiger partial charge in [0.25, 0.3) is 5.91 Å². The van der Waals surface area contributed by atoms with Crippen LogP contribution in [0.5, 0.6) is 5.75 Å². The Morgan fingerprint density at radius 1 is 1.32 bits per heavy atom. The molecule has 1 atom stereocenters. The second-order valence-corrected chi connectivity index (χ2v) is 4.24. The first-order valence-corrected chi connectivity index (χ1v) is 6.24. The van der Waals surface area contributed by atoms with Crippen LogP contribution in [0.3, 0.4) is 0 Å². The third kappa shape index (κ3) is 5.09. The molecule has 1 amide bonds. The molecule has 1 aromatic rings. The fraction of sp³-hybridized carbons (Fsp3) is 0.429. The maximum Gasteiger partial charge on any atom is 0.260 e. The number of ether oxygens (including phenoxy) is 1. The number of benzene rings is 1. The lowest BCUT2D eigenvalue weighted by atomic mass is 10.1. The van der Waals surface area contributed by atoms with Crippen molar-refractivity contribution in [2.24, 2.45) is 0 Å². The first-order chi connectivity index (χ1) is 9.04. The maximum absolute atomic E-state index is 11.7. The number of carbonyl (C=O) groups excluding carboxylic acids is 2. The summed E-state index contributed by atoms with van der Waals surface area (Å²) in [6.07, 6.45) is -0.598. The molecule has 5 nitrogen and oxygen atoms in total. The Hall–Kier alpha value is -1.88. The van der Waals surface area contributed by atoms with E-state index in [2.05, 4.69) is 10.6 Å². The normalized spacial score (nSPS) is 11.7. The summed E-state index contributed by atoms with van der Waals surface area (Å²) in [5.41, 5.74) is 0.570. The SMILES string of the molecule is CNCCNC(=O)C(C)Oc1cccc(C(C)=O)c1. The molecule has 104 valence electrons. The van der Waals surface area contributed by atoms with Crippen molar-refractivity contribution in [3.8, 4) is 5.75 Å². The minimum Gasteiger partial charge on any atom is -0.481 e. The maximum atomic E-state index is 11.7. The molecular weight excluding hydrogens is 244 g/mol. The zero-order valence-electron chi connectivity index (χ0n) is 11.5. The smallest absolute Gasteiger partial charge is 0.260 e. The molecule has 0 heterocycles. The zero-order valence-corrected chi connectivity index (χ0v) is 11.5. The van der Waals surface area contributed by atoms with Crippen LogP contribution in [0.1, 0.15) is 24.2 Å². The van der Waals surface area contributed by atoms with Crippen LogP contribution in [0, 0.1) is 0 Å². The Balaban J connectivity index is 2.56. The van der Waals surface area contributed by atoms with Crippen molar-refractivity contribution >= 4 is 11.7 Å². The summed E-state index contributed by atoms with van der Waals surface area (Å²) >= 11 is 0. The standard InChI is InChI=1S/C14H20N2O3/c1-10(17)12-5-4-6-13(9-12)19-11(2)14(18)16-8-7-15-3/h4-6,9,11,15H,7-8H2,1-3H3,(H,16,18). The van der Waals surface area contributed by atoms with E-state index in [-0.39, 0.29) is 11.7 Å². The summed E-state index contributed by atoms with van der Waals surface area (Å²) in [6.45, 7) is 4.43. The number of carbonyl (C=O) groups is 2. The van der Waals surface area contributed by atoms with Gasteiger partial charge in [-0.1, -0.05) is 12.1 Å². The van der Waals surface area contributed by atoms with E-state index in [0.717, 1.165) is 0 Å². The highest BCUT2D eigenvalue weighted by molar-refractivity contribution is 5.94. The van der Waals surface area contributed by atoms with Gasteiger partial charge >= 0.3 is 0 Å². The average Bonchev–Trinajstić information content (AvgIpc) is 2.39. The monoisotopic (exact) mass is 264 g/mol.